The number of rotatable bonds is 3. The molecule has 0 atom stereocenters. The van der Waals surface area contributed by atoms with Crippen molar-refractivity contribution in [1.82, 2.24) is 4.98 Å². The Morgan fingerprint density at radius 3 is 2.80 bits per heavy atom. The van der Waals surface area contributed by atoms with Crippen LogP contribution < -0.4 is 10.6 Å². The van der Waals surface area contributed by atoms with E-state index in [2.05, 4.69) is 15.6 Å². The van der Waals surface area contributed by atoms with E-state index in [1.54, 1.807) is 43.6 Å². The third-order valence-corrected chi connectivity index (χ3v) is 2.90. The number of hydrogen-bond acceptors (Lipinski definition) is 4. The number of carbonyl (C=O) groups is 1. The molecule has 1 amide bonds. The predicted molar refractivity (Wildman–Crippen MR) is 77.6 cm³/mol. The molecule has 20 heavy (non-hydrogen) atoms. The first-order valence-electron chi connectivity index (χ1n) is 6.10. The van der Waals surface area contributed by atoms with Crippen LogP contribution in [0.15, 0.2) is 36.5 Å². The molecule has 0 bridgehead atoms. The van der Waals surface area contributed by atoms with Gasteiger partial charge in [-0.05, 0) is 36.8 Å². The Bertz CT molecular complexity index is 689. The van der Waals surface area contributed by atoms with Crippen molar-refractivity contribution in [2.45, 2.75) is 6.92 Å². The van der Waals surface area contributed by atoms with Gasteiger partial charge in [-0.15, -0.1) is 0 Å². The van der Waals surface area contributed by atoms with Crippen molar-refractivity contribution in [2.75, 3.05) is 17.7 Å². The van der Waals surface area contributed by atoms with Crippen molar-refractivity contribution in [2.24, 2.45) is 0 Å². The molecular weight excluding hydrogens is 252 g/mol. The first-order chi connectivity index (χ1) is 9.63. The quantitative estimate of drug-likeness (QED) is 0.895. The summed E-state index contributed by atoms with van der Waals surface area (Å²) in [4.78, 5) is 16.2. The van der Waals surface area contributed by atoms with Gasteiger partial charge in [0.25, 0.3) is 5.91 Å². The fraction of sp³-hybridized carbons (Fsp3) is 0.133. The SMILES string of the molecule is CNc1ccnc(C(=O)Nc2cc(C#N)ccc2C)c1. The second kappa shape index (κ2) is 5.85. The molecule has 2 aromatic rings. The van der Waals surface area contributed by atoms with E-state index >= 15 is 0 Å². The first kappa shape index (κ1) is 13.6. The van der Waals surface area contributed by atoms with E-state index < -0.39 is 0 Å². The van der Waals surface area contributed by atoms with Crippen molar-refractivity contribution in [1.29, 1.82) is 5.26 Å². The zero-order chi connectivity index (χ0) is 14.5. The fourth-order valence-corrected chi connectivity index (χ4v) is 1.72. The summed E-state index contributed by atoms with van der Waals surface area (Å²) in [6.45, 7) is 1.87. The molecule has 1 heterocycles. The van der Waals surface area contributed by atoms with Crippen LogP contribution in [0.2, 0.25) is 0 Å². The number of benzene rings is 1. The number of amides is 1. The molecule has 0 saturated carbocycles. The Kier molecular flexibility index (Phi) is 3.96. The van der Waals surface area contributed by atoms with Crippen LogP contribution in [0.4, 0.5) is 11.4 Å². The zero-order valence-corrected chi connectivity index (χ0v) is 11.3. The molecule has 5 heteroatoms. The number of pyridine rings is 1. The summed E-state index contributed by atoms with van der Waals surface area (Å²) in [7, 11) is 1.78. The van der Waals surface area contributed by atoms with Crippen molar-refractivity contribution < 1.29 is 4.79 Å². The number of nitrogens with one attached hydrogen (secondary N) is 2. The van der Waals surface area contributed by atoms with Crippen molar-refractivity contribution in [3.8, 4) is 6.07 Å². The van der Waals surface area contributed by atoms with Crippen LogP contribution in [0.5, 0.6) is 0 Å². The van der Waals surface area contributed by atoms with Crippen molar-refractivity contribution in [3.63, 3.8) is 0 Å². The Labute approximate surface area is 117 Å². The van der Waals surface area contributed by atoms with Crippen LogP contribution in [0.1, 0.15) is 21.6 Å². The van der Waals surface area contributed by atoms with E-state index in [9.17, 15) is 4.79 Å². The minimum atomic E-state index is -0.305. The van der Waals surface area contributed by atoms with Gasteiger partial charge in [0.15, 0.2) is 0 Å². The van der Waals surface area contributed by atoms with Gasteiger partial charge in [-0.3, -0.25) is 9.78 Å². The van der Waals surface area contributed by atoms with E-state index in [0.29, 0.717) is 16.9 Å². The van der Waals surface area contributed by atoms with Crippen LogP contribution in [0, 0.1) is 18.3 Å². The molecule has 0 saturated heterocycles. The van der Waals surface area contributed by atoms with E-state index in [0.717, 1.165) is 11.3 Å². The summed E-state index contributed by atoms with van der Waals surface area (Å²) in [6, 6.07) is 10.6. The lowest BCUT2D eigenvalue weighted by Gasteiger charge is -2.09. The number of aromatic nitrogens is 1. The van der Waals surface area contributed by atoms with Gasteiger partial charge in [0, 0.05) is 24.6 Å². The normalized spacial score (nSPS) is 9.65. The Morgan fingerprint density at radius 1 is 1.30 bits per heavy atom. The summed E-state index contributed by atoms with van der Waals surface area (Å²) in [6.07, 6.45) is 1.57. The number of hydrogen-bond donors (Lipinski definition) is 2. The van der Waals surface area contributed by atoms with Gasteiger partial charge in [-0.2, -0.15) is 5.26 Å². The predicted octanol–water partition coefficient (Wildman–Crippen LogP) is 2.56. The largest absolute Gasteiger partial charge is 0.388 e. The van der Waals surface area contributed by atoms with E-state index in [1.807, 2.05) is 13.0 Å². The lowest BCUT2D eigenvalue weighted by Crippen LogP contribution is -2.14. The highest BCUT2D eigenvalue weighted by molar-refractivity contribution is 6.03. The van der Waals surface area contributed by atoms with Crippen LogP contribution in [-0.2, 0) is 0 Å². The van der Waals surface area contributed by atoms with Gasteiger partial charge in [0.05, 0.1) is 11.6 Å². The molecule has 5 nitrogen and oxygen atoms in total. The maximum absolute atomic E-state index is 12.1. The highest BCUT2D eigenvalue weighted by Gasteiger charge is 2.10. The summed E-state index contributed by atoms with van der Waals surface area (Å²) >= 11 is 0. The van der Waals surface area contributed by atoms with Crippen LogP contribution in [0.3, 0.4) is 0 Å². The lowest BCUT2D eigenvalue weighted by molar-refractivity contribution is 0.102. The maximum atomic E-state index is 12.1. The van der Waals surface area contributed by atoms with E-state index in [4.69, 9.17) is 5.26 Å². The van der Waals surface area contributed by atoms with Gasteiger partial charge in [0.1, 0.15) is 5.69 Å². The average Bonchev–Trinajstić information content (AvgIpc) is 2.49. The minimum Gasteiger partial charge on any atom is -0.388 e. The second-order valence-corrected chi connectivity index (χ2v) is 4.28. The first-order valence-corrected chi connectivity index (χ1v) is 6.10. The Morgan fingerprint density at radius 2 is 2.10 bits per heavy atom. The highest BCUT2D eigenvalue weighted by Crippen LogP contribution is 2.17. The van der Waals surface area contributed by atoms with E-state index in [-0.39, 0.29) is 5.91 Å². The van der Waals surface area contributed by atoms with Gasteiger partial charge >= 0.3 is 0 Å². The number of anilines is 2. The molecule has 2 N–H and O–H groups in total. The minimum absolute atomic E-state index is 0.305. The maximum Gasteiger partial charge on any atom is 0.274 e. The topological polar surface area (TPSA) is 77.8 Å². The molecule has 100 valence electrons. The molecule has 1 aromatic heterocycles. The van der Waals surface area contributed by atoms with Gasteiger partial charge in [-0.25, -0.2) is 0 Å². The third kappa shape index (κ3) is 2.93. The standard InChI is InChI=1S/C15H14N4O/c1-10-3-4-11(9-16)7-13(10)19-15(20)14-8-12(17-2)5-6-18-14/h3-8H,1-2H3,(H,17,18)(H,19,20). The fourth-order valence-electron chi connectivity index (χ4n) is 1.72. The van der Waals surface area contributed by atoms with E-state index in [1.165, 1.54) is 0 Å². The second-order valence-electron chi connectivity index (χ2n) is 4.28. The van der Waals surface area contributed by atoms with Gasteiger partial charge in [-0.1, -0.05) is 6.07 Å². The molecule has 0 aliphatic carbocycles. The van der Waals surface area contributed by atoms with Crippen molar-refractivity contribution in [3.05, 3.63) is 53.3 Å². The smallest absolute Gasteiger partial charge is 0.274 e. The Balaban J connectivity index is 2.25. The van der Waals surface area contributed by atoms with Crippen LogP contribution >= 0.6 is 0 Å². The number of aryl methyl sites for hydroxylation is 1. The summed E-state index contributed by atoms with van der Waals surface area (Å²) < 4.78 is 0. The summed E-state index contributed by atoms with van der Waals surface area (Å²) in [5, 5.41) is 14.6. The molecule has 0 unspecified atom stereocenters. The molecule has 0 aliphatic heterocycles. The Hall–Kier alpha value is -2.87. The molecule has 2 rings (SSSR count). The van der Waals surface area contributed by atoms with Gasteiger partial charge < -0.3 is 10.6 Å². The van der Waals surface area contributed by atoms with Gasteiger partial charge in [0.2, 0.25) is 0 Å². The molecule has 0 aliphatic rings. The number of carbonyl (C=O) groups excluding carboxylic acids is 1. The number of nitriles is 1. The van der Waals surface area contributed by atoms with Crippen molar-refractivity contribution >= 4 is 17.3 Å². The molecule has 0 fully saturated rings. The molecule has 1 aromatic carbocycles. The monoisotopic (exact) mass is 266 g/mol. The average molecular weight is 266 g/mol. The highest BCUT2D eigenvalue weighted by atomic mass is 16.1. The summed E-state index contributed by atoms with van der Waals surface area (Å²) in [5.74, 6) is -0.305. The van der Waals surface area contributed by atoms with Crippen LogP contribution in [-0.4, -0.2) is 17.9 Å². The molecule has 0 spiro atoms. The van der Waals surface area contributed by atoms with Crippen LogP contribution in [0.25, 0.3) is 0 Å². The summed E-state index contributed by atoms with van der Waals surface area (Å²) in [5.41, 5.74) is 3.14. The molecule has 0 radical (unpaired) electrons. The molecular formula is C15H14N4O. The number of nitrogens with zero attached hydrogens (tertiary/aromatic N) is 2. The zero-order valence-electron chi connectivity index (χ0n) is 11.3. The third-order valence-electron chi connectivity index (χ3n) is 2.90. The lowest BCUT2D eigenvalue weighted by atomic mass is 10.1.